The molecule has 0 atom stereocenters. The monoisotopic (exact) mass is 483 g/mol. The van der Waals surface area contributed by atoms with Gasteiger partial charge in [0.05, 0.1) is 12.2 Å². The maximum atomic E-state index is 5.95. The highest BCUT2D eigenvalue weighted by atomic mass is 35.6. The molecule has 0 N–H and O–H groups in total. The molecule has 10 heteroatoms. The zero-order valence-corrected chi connectivity index (χ0v) is 18.2. The minimum atomic E-state index is -1.93. The third kappa shape index (κ3) is 4.64. The van der Waals surface area contributed by atoms with Crippen LogP contribution in [0.15, 0.2) is 36.4 Å². The van der Waals surface area contributed by atoms with Crippen molar-refractivity contribution in [2.75, 3.05) is 6.61 Å². The van der Waals surface area contributed by atoms with Crippen molar-refractivity contribution in [2.45, 2.75) is 14.5 Å². The van der Waals surface area contributed by atoms with Gasteiger partial charge >= 0.3 is 0 Å². The van der Waals surface area contributed by atoms with Gasteiger partial charge in [-0.1, -0.05) is 99.9 Å². The summed E-state index contributed by atoms with van der Waals surface area (Å²) in [6.45, 7) is 2.30. The molecule has 0 aliphatic rings. The summed E-state index contributed by atoms with van der Waals surface area (Å²) in [4.78, 5) is 12.5. The Hall–Kier alpha value is -0.750. The number of benzene rings is 2. The van der Waals surface area contributed by atoms with Crippen molar-refractivity contribution in [1.82, 2.24) is 15.0 Å². The lowest BCUT2D eigenvalue weighted by Gasteiger charge is -2.17. The molecule has 0 unspecified atom stereocenters. The molecule has 0 saturated heterocycles. The first-order valence-electron chi connectivity index (χ1n) is 7.66. The zero-order valence-electron chi connectivity index (χ0n) is 13.7. The minimum Gasteiger partial charge on any atom is -0.492 e. The van der Waals surface area contributed by atoms with Gasteiger partial charge in [0.25, 0.3) is 0 Å². The molecule has 2 aromatic carbocycles. The molecule has 3 rings (SSSR count). The van der Waals surface area contributed by atoms with Crippen LogP contribution in [-0.2, 0) is 7.59 Å². The summed E-state index contributed by atoms with van der Waals surface area (Å²) < 4.78 is 2.01. The third-order valence-corrected chi connectivity index (χ3v) is 4.57. The standard InChI is InChI=1S/C17H11Cl6N3O/c1-2-27-12-10-6-4-3-5-9(10)7-8-11(12)13-24-14(16(18,19)20)26-15(25-13)17(21,22)23/h3-8H,2H2,1H3. The molecular weight excluding hydrogens is 475 g/mol. The Labute approximate surface area is 185 Å². The topological polar surface area (TPSA) is 47.9 Å². The fraction of sp³-hybridized carbons (Fsp3) is 0.235. The number of hydrogen-bond acceptors (Lipinski definition) is 4. The first-order valence-corrected chi connectivity index (χ1v) is 9.93. The van der Waals surface area contributed by atoms with Gasteiger partial charge in [-0.15, -0.1) is 0 Å². The van der Waals surface area contributed by atoms with E-state index in [1.165, 1.54) is 0 Å². The molecule has 0 spiro atoms. The van der Waals surface area contributed by atoms with Crippen LogP contribution in [0.25, 0.3) is 22.2 Å². The molecule has 27 heavy (non-hydrogen) atoms. The van der Waals surface area contributed by atoms with Crippen molar-refractivity contribution in [2.24, 2.45) is 0 Å². The minimum absolute atomic E-state index is 0.158. The molecule has 3 aromatic rings. The van der Waals surface area contributed by atoms with Gasteiger partial charge in [-0.05, 0) is 18.4 Å². The van der Waals surface area contributed by atoms with Crippen molar-refractivity contribution in [1.29, 1.82) is 0 Å². The van der Waals surface area contributed by atoms with Crippen LogP contribution in [0.3, 0.4) is 0 Å². The third-order valence-electron chi connectivity index (χ3n) is 3.55. The Morgan fingerprint density at radius 2 is 1.41 bits per heavy atom. The van der Waals surface area contributed by atoms with Crippen LogP contribution < -0.4 is 4.74 Å². The number of halogens is 6. The molecule has 0 radical (unpaired) electrons. The van der Waals surface area contributed by atoms with Crippen LogP contribution in [0.2, 0.25) is 0 Å². The average molecular weight is 486 g/mol. The first-order chi connectivity index (χ1) is 12.6. The van der Waals surface area contributed by atoms with Crippen molar-refractivity contribution in [3.63, 3.8) is 0 Å². The molecule has 0 fully saturated rings. The maximum Gasteiger partial charge on any atom is 0.250 e. The van der Waals surface area contributed by atoms with Gasteiger partial charge in [0.15, 0.2) is 17.5 Å². The van der Waals surface area contributed by atoms with Crippen LogP contribution in [0.4, 0.5) is 0 Å². The molecule has 0 saturated carbocycles. The smallest absolute Gasteiger partial charge is 0.250 e. The van der Waals surface area contributed by atoms with E-state index < -0.39 is 7.59 Å². The summed E-state index contributed by atoms with van der Waals surface area (Å²) in [5.74, 6) is 0.429. The van der Waals surface area contributed by atoms with E-state index in [2.05, 4.69) is 15.0 Å². The number of nitrogens with zero attached hydrogens (tertiary/aromatic N) is 3. The molecule has 1 aromatic heterocycles. The molecule has 0 amide bonds. The van der Waals surface area contributed by atoms with Gasteiger partial charge < -0.3 is 4.74 Å². The maximum absolute atomic E-state index is 5.95. The van der Waals surface area contributed by atoms with E-state index in [9.17, 15) is 0 Å². The Morgan fingerprint density at radius 3 is 1.96 bits per heavy atom. The summed E-state index contributed by atoms with van der Waals surface area (Å²) in [5.41, 5.74) is 0.559. The van der Waals surface area contributed by atoms with E-state index in [-0.39, 0.29) is 17.5 Å². The summed E-state index contributed by atoms with van der Waals surface area (Å²) in [7, 11) is 0. The Balaban J connectivity index is 2.31. The molecule has 142 valence electrons. The predicted molar refractivity (Wildman–Crippen MR) is 112 cm³/mol. The van der Waals surface area contributed by atoms with E-state index in [0.29, 0.717) is 17.9 Å². The van der Waals surface area contributed by atoms with Crippen LogP contribution in [0, 0.1) is 0 Å². The van der Waals surface area contributed by atoms with Crippen molar-refractivity contribution in [3.8, 4) is 17.1 Å². The highest BCUT2D eigenvalue weighted by Crippen LogP contribution is 2.42. The van der Waals surface area contributed by atoms with E-state index in [4.69, 9.17) is 74.3 Å². The summed E-state index contributed by atoms with van der Waals surface area (Å²) in [5, 5.41) is 1.87. The van der Waals surface area contributed by atoms with E-state index >= 15 is 0 Å². The van der Waals surface area contributed by atoms with Crippen LogP contribution >= 0.6 is 69.6 Å². The van der Waals surface area contributed by atoms with E-state index in [1.807, 2.05) is 37.3 Å². The Morgan fingerprint density at radius 1 is 0.815 bits per heavy atom. The van der Waals surface area contributed by atoms with Crippen LogP contribution in [0.1, 0.15) is 18.6 Å². The highest BCUT2D eigenvalue weighted by Gasteiger charge is 2.34. The van der Waals surface area contributed by atoms with Gasteiger partial charge in [-0.25, -0.2) is 15.0 Å². The second kappa shape index (κ2) is 7.94. The molecular formula is C17H11Cl6N3O. The van der Waals surface area contributed by atoms with Crippen LogP contribution in [-0.4, -0.2) is 21.6 Å². The van der Waals surface area contributed by atoms with Gasteiger partial charge in [0.2, 0.25) is 7.59 Å². The quantitative estimate of drug-likeness (QED) is 0.385. The van der Waals surface area contributed by atoms with Crippen molar-refractivity contribution >= 4 is 80.4 Å². The number of fused-ring (bicyclic) bond motifs is 1. The normalized spacial score (nSPS) is 12.4. The molecule has 4 nitrogen and oxygen atoms in total. The molecule has 0 aliphatic carbocycles. The highest BCUT2D eigenvalue weighted by molar-refractivity contribution is 6.67. The lowest BCUT2D eigenvalue weighted by molar-refractivity contribution is 0.345. The number of alkyl halides is 6. The van der Waals surface area contributed by atoms with Gasteiger partial charge in [0, 0.05) is 5.39 Å². The molecule has 1 heterocycles. The van der Waals surface area contributed by atoms with E-state index in [1.54, 1.807) is 6.07 Å². The summed E-state index contributed by atoms with van der Waals surface area (Å²) in [6.07, 6.45) is 0. The van der Waals surface area contributed by atoms with Crippen molar-refractivity contribution in [3.05, 3.63) is 48.0 Å². The number of ether oxygens (including phenoxy) is 1. The second-order valence-corrected chi connectivity index (χ2v) is 9.96. The fourth-order valence-electron chi connectivity index (χ4n) is 2.47. The number of aromatic nitrogens is 3. The number of hydrogen-bond donors (Lipinski definition) is 0. The predicted octanol–water partition coefficient (Wildman–Crippen LogP) is 6.74. The van der Waals surface area contributed by atoms with Gasteiger partial charge in [-0.3, -0.25) is 0 Å². The summed E-state index contributed by atoms with van der Waals surface area (Å²) >= 11 is 35.7. The number of rotatable bonds is 3. The largest absolute Gasteiger partial charge is 0.492 e. The first kappa shape index (κ1) is 21.0. The van der Waals surface area contributed by atoms with Crippen LogP contribution in [0.5, 0.6) is 5.75 Å². The van der Waals surface area contributed by atoms with Crippen molar-refractivity contribution < 1.29 is 4.74 Å². The fourth-order valence-corrected chi connectivity index (χ4v) is 2.98. The Kier molecular flexibility index (Phi) is 6.17. The molecule has 0 bridgehead atoms. The zero-order chi connectivity index (χ0) is 19.8. The Bertz CT molecular complexity index is 952. The SMILES string of the molecule is CCOc1c(-c2nc(C(Cl)(Cl)Cl)nc(C(Cl)(Cl)Cl)n2)ccc2ccccc12. The lowest BCUT2D eigenvalue weighted by Crippen LogP contribution is -2.17. The van der Waals surface area contributed by atoms with Gasteiger partial charge in [-0.2, -0.15) is 0 Å². The van der Waals surface area contributed by atoms with E-state index in [0.717, 1.165) is 10.8 Å². The van der Waals surface area contributed by atoms with Gasteiger partial charge in [0.1, 0.15) is 5.75 Å². The summed E-state index contributed by atoms with van der Waals surface area (Å²) in [6, 6.07) is 11.4. The second-order valence-electron chi connectivity index (χ2n) is 5.40. The molecule has 0 aliphatic heterocycles. The lowest BCUT2D eigenvalue weighted by atomic mass is 10.0. The average Bonchev–Trinajstić information content (AvgIpc) is 2.60.